The normalized spacial score (nSPS) is 17.6. The highest BCUT2D eigenvalue weighted by Gasteiger charge is 2.23. The molecule has 6 nitrogen and oxygen atoms in total. The molecule has 1 aliphatic heterocycles. The Labute approximate surface area is 116 Å². The summed E-state index contributed by atoms with van der Waals surface area (Å²) in [6.45, 7) is 2.86. The fourth-order valence-electron chi connectivity index (χ4n) is 2.36. The summed E-state index contributed by atoms with van der Waals surface area (Å²) in [5, 5.41) is 10.1. The molecule has 1 aliphatic rings. The molecule has 20 heavy (non-hydrogen) atoms. The number of carbonyl (C=O) groups is 1. The third-order valence-electron chi connectivity index (χ3n) is 3.37. The van der Waals surface area contributed by atoms with E-state index in [1.165, 1.54) is 11.1 Å². The first-order valence-electron chi connectivity index (χ1n) is 6.67. The molecule has 0 amide bonds. The van der Waals surface area contributed by atoms with Crippen molar-refractivity contribution in [1.29, 1.82) is 0 Å². The van der Waals surface area contributed by atoms with E-state index in [9.17, 15) is 4.79 Å². The third-order valence-corrected chi connectivity index (χ3v) is 3.37. The molecule has 3 rings (SSSR count). The smallest absolute Gasteiger partial charge is 0.378 e. The van der Waals surface area contributed by atoms with E-state index in [-0.39, 0.29) is 11.9 Å². The van der Waals surface area contributed by atoms with Crippen LogP contribution in [0.5, 0.6) is 0 Å². The van der Waals surface area contributed by atoms with E-state index in [2.05, 4.69) is 32.6 Å². The molecule has 1 aromatic heterocycles. The van der Waals surface area contributed by atoms with Gasteiger partial charge in [0, 0.05) is 6.54 Å². The number of aromatic amines is 1. The van der Waals surface area contributed by atoms with Gasteiger partial charge in [-0.25, -0.2) is 9.78 Å². The van der Waals surface area contributed by atoms with Gasteiger partial charge in [0.25, 0.3) is 5.82 Å². The van der Waals surface area contributed by atoms with Gasteiger partial charge in [-0.15, -0.1) is 5.10 Å². The quantitative estimate of drug-likeness (QED) is 0.825. The first-order valence-corrected chi connectivity index (χ1v) is 6.67. The van der Waals surface area contributed by atoms with Gasteiger partial charge in [-0.1, -0.05) is 24.3 Å². The van der Waals surface area contributed by atoms with Gasteiger partial charge in [-0.3, -0.25) is 5.10 Å². The Morgan fingerprint density at radius 2 is 2.20 bits per heavy atom. The first kappa shape index (κ1) is 12.8. The molecule has 0 saturated carbocycles. The number of ether oxygens (including phenoxy) is 1. The number of hydrogen-bond acceptors (Lipinski definition) is 5. The highest BCUT2D eigenvalue weighted by Crippen LogP contribution is 2.23. The number of esters is 1. The Morgan fingerprint density at radius 1 is 1.40 bits per heavy atom. The average molecular weight is 272 g/mol. The van der Waals surface area contributed by atoms with Crippen LogP contribution < -0.4 is 5.32 Å². The van der Waals surface area contributed by atoms with Crippen molar-refractivity contribution >= 4 is 5.97 Å². The topological polar surface area (TPSA) is 79.9 Å². The van der Waals surface area contributed by atoms with Crippen LogP contribution in [0.25, 0.3) is 0 Å². The minimum absolute atomic E-state index is 0.0422. The zero-order chi connectivity index (χ0) is 13.9. The molecule has 6 heteroatoms. The highest BCUT2D eigenvalue weighted by atomic mass is 16.5. The standard InChI is InChI=1S/C14H16N4O2/c1-2-20-14(19)13-16-12(17-18-13)11-7-9-5-3-4-6-10(9)8-15-11/h3-6,11,15H,2,7-8H2,1H3,(H,16,17,18)/t11-/m0/s1. The van der Waals surface area contributed by atoms with Crippen LogP contribution in [-0.2, 0) is 17.7 Å². The van der Waals surface area contributed by atoms with Crippen LogP contribution in [-0.4, -0.2) is 27.8 Å². The lowest BCUT2D eigenvalue weighted by atomic mass is 9.96. The molecule has 2 aromatic rings. The highest BCUT2D eigenvalue weighted by molar-refractivity contribution is 5.84. The van der Waals surface area contributed by atoms with Crippen molar-refractivity contribution in [3.63, 3.8) is 0 Å². The number of nitrogens with one attached hydrogen (secondary N) is 2. The van der Waals surface area contributed by atoms with E-state index in [1.54, 1.807) is 6.92 Å². The minimum atomic E-state index is -0.494. The first-order chi connectivity index (χ1) is 9.78. The molecule has 1 aromatic carbocycles. The van der Waals surface area contributed by atoms with Crippen LogP contribution in [0.15, 0.2) is 24.3 Å². The number of hydrogen-bond donors (Lipinski definition) is 2. The van der Waals surface area contributed by atoms with Crippen LogP contribution in [0.2, 0.25) is 0 Å². The van der Waals surface area contributed by atoms with Crippen LogP contribution in [0.1, 0.15) is 40.5 Å². The number of fused-ring (bicyclic) bond motifs is 1. The number of carbonyl (C=O) groups excluding carboxylic acids is 1. The second-order valence-electron chi connectivity index (χ2n) is 4.67. The van der Waals surface area contributed by atoms with Gasteiger partial charge in [0.1, 0.15) is 5.82 Å². The summed E-state index contributed by atoms with van der Waals surface area (Å²) < 4.78 is 4.88. The van der Waals surface area contributed by atoms with Crippen LogP contribution in [0, 0.1) is 0 Å². The maximum Gasteiger partial charge on any atom is 0.378 e. The molecular weight excluding hydrogens is 256 g/mol. The zero-order valence-electron chi connectivity index (χ0n) is 11.2. The maximum absolute atomic E-state index is 11.6. The lowest BCUT2D eigenvalue weighted by Crippen LogP contribution is -2.29. The van der Waals surface area contributed by atoms with E-state index < -0.39 is 5.97 Å². The predicted molar refractivity (Wildman–Crippen MR) is 72.1 cm³/mol. The summed E-state index contributed by atoms with van der Waals surface area (Å²) in [5.41, 5.74) is 2.60. The second kappa shape index (κ2) is 5.42. The Morgan fingerprint density at radius 3 is 3.00 bits per heavy atom. The van der Waals surface area contributed by atoms with Crippen molar-refractivity contribution in [3.8, 4) is 0 Å². The summed E-state index contributed by atoms with van der Waals surface area (Å²) in [6.07, 6.45) is 0.827. The third kappa shape index (κ3) is 2.42. The minimum Gasteiger partial charge on any atom is -0.460 e. The Balaban J connectivity index is 1.77. The van der Waals surface area contributed by atoms with Crippen LogP contribution in [0.3, 0.4) is 0 Å². The lowest BCUT2D eigenvalue weighted by molar-refractivity contribution is 0.0512. The van der Waals surface area contributed by atoms with Crippen LogP contribution >= 0.6 is 0 Å². The number of nitrogens with zero attached hydrogens (tertiary/aromatic N) is 2. The lowest BCUT2D eigenvalue weighted by Gasteiger charge is -2.24. The van der Waals surface area contributed by atoms with E-state index >= 15 is 0 Å². The van der Waals surface area contributed by atoms with E-state index in [0.717, 1.165) is 13.0 Å². The van der Waals surface area contributed by atoms with Crippen molar-refractivity contribution in [3.05, 3.63) is 47.0 Å². The van der Waals surface area contributed by atoms with E-state index in [4.69, 9.17) is 4.74 Å². The summed E-state index contributed by atoms with van der Waals surface area (Å²) in [6, 6.07) is 8.34. The summed E-state index contributed by atoms with van der Waals surface area (Å²) in [4.78, 5) is 15.8. The molecule has 0 unspecified atom stereocenters. The number of benzene rings is 1. The van der Waals surface area contributed by atoms with Crippen molar-refractivity contribution in [2.75, 3.05) is 6.61 Å². The fourth-order valence-corrected chi connectivity index (χ4v) is 2.36. The molecular formula is C14H16N4O2. The van der Waals surface area contributed by atoms with Crippen molar-refractivity contribution in [2.45, 2.75) is 25.9 Å². The van der Waals surface area contributed by atoms with Crippen molar-refractivity contribution < 1.29 is 9.53 Å². The fraction of sp³-hybridized carbons (Fsp3) is 0.357. The van der Waals surface area contributed by atoms with Gasteiger partial charge >= 0.3 is 5.97 Å². The molecule has 0 fully saturated rings. The SMILES string of the molecule is CCOC(=O)c1n[nH]c([C@@H]2Cc3ccccc3CN2)n1. The van der Waals surface area contributed by atoms with Gasteiger partial charge in [0.05, 0.1) is 12.6 Å². The van der Waals surface area contributed by atoms with Gasteiger partial charge in [0.15, 0.2) is 0 Å². The van der Waals surface area contributed by atoms with Crippen molar-refractivity contribution in [2.24, 2.45) is 0 Å². The van der Waals surface area contributed by atoms with E-state index in [0.29, 0.717) is 12.4 Å². The van der Waals surface area contributed by atoms with Crippen molar-refractivity contribution in [1.82, 2.24) is 20.5 Å². The summed E-state index contributed by atoms with van der Waals surface area (Å²) >= 11 is 0. The molecule has 1 atom stereocenters. The molecule has 2 N–H and O–H groups in total. The van der Waals surface area contributed by atoms with Gasteiger partial charge in [0.2, 0.25) is 0 Å². The Kier molecular flexibility index (Phi) is 3.47. The number of H-pyrrole nitrogens is 1. The van der Waals surface area contributed by atoms with E-state index in [1.807, 2.05) is 12.1 Å². The molecule has 0 spiro atoms. The van der Waals surface area contributed by atoms with Gasteiger partial charge < -0.3 is 10.1 Å². The molecule has 2 heterocycles. The molecule has 0 bridgehead atoms. The number of rotatable bonds is 3. The predicted octanol–water partition coefficient (Wildman–Crippen LogP) is 1.37. The zero-order valence-corrected chi connectivity index (χ0v) is 11.2. The van der Waals surface area contributed by atoms with Crippen LogP contribution in [0.4, 0.5) is 0 Å². The monoisotopic (exact) mass is 272 g/mol. The molecule has 104 valence electrons. The average Bonchev–Trinajstić information content (AvgIpc) is 2.97. The number of aromatic nitrogens is 3. The maximum atomic E-state index is 11.6. The second-order valence-corrected chi connectivity index (χ2v) is 4.67. The van der Waals surface area contributed by atoms with Gasteiger partial charge in [-0.2, -0.15) is 0 Å². The molecule has 0 radical (unpaired) electrons. The van der Waals surface area contributed by atoms with Gasteiger partial charge in [-0.05, 0) is 24.5 Å². The summed E-state index contributed by atoms with van der Waals surface area (Å²) in [7, 11) is 0. The molecule has 0 aliphatic carbocycles. The Bertz CT molecular complexity index is 623. The Hall–Kier alpha value is -2.21. The molecule has 0 saturated heterocycles. The summed E-state index contributed by atoms with van der Waals surface area (Å²) in [5.74, 6) is 0.260. The largest absolute Gasteiger partial charge is 0.460 e.